The first kappa shape index (κ1) is 17.1. The Morgan fingerprint density at radius 2 is 2.00 bits per heavy atom. The third-order valence-electron chi connectivity index (χ3n) is 3.50. The van der Waals surface area contributed by atoms with Crippen molar-refractivity contribution in [1.29, 1.82) is 0 Å². The summed E-state index contributed by atoms with van der Waals surface area (Å²) in [5.41, 5.74) is 1.14. The summed E-state index contributed by atoms with van der Waals surface area (Å²) >= 11 is 4.50. The van der Waals surface area contributed by atoms with Gasteiger partial charge in [-0.25, -0.2) is 0 Å². The first-order chi connectivity index (χ1) is 9.60. The van der Waals surface area contributed by atoms with Crippen molar-refractivity contribution in [3.8, 4) is 0 Å². The highest BCUT2D eigenvalue weighted by atomic mass is 32.1. The van der Waals surface area contributed by atoms with Crippen molar-refractivity contribution in [3.05, 3.63) is 35.9 Å². The number of benzene rings is 1. The van der Waals surface area contributed by atoms with Crippen LogP contribution in [0.4, 0.5) is 0 Å². The molecule has 3 nitrogen and oxygen atoms in total. The number of rotatable bonds is 8. The third kappa shape index (κ3) is 5.17. The smallest absolute Gasteiger partial charge is 0.236 e. The van der Waals surface area contributed by atoms with E-state index in [0.29, 0.717) is 19.6 Å². The minimum absolute atomic E-state index is 0.0867. The average molecular weight is 295 g/mol. The molecule has 2 atom stereocenters. The minimum atomic E-state index is -0.303. The number of methoxy groups -OCH3 is 1. The van der Waals surface area contributed by atoms with Gasteiger partial charge in [0.05, 0.1) is 11.9 Å². The van der Waals surface area contributed by atoms with Crippen molar-refractivity contribution in [2.24, 2.45) is 0 Å². The van der Waals surface area contributed by atoms with E-state index in [-0.39, 0.29) is 17.2 Å². The second-order valence-electron chi connectivity index (χ2n) is 4.99. The molecule has 0 bridgehead atoms. The third-order valence-corrected chi connectivity index (χ3v) is 3.90. The summed E-state index contributed by atoms with van der Waals surface area (Å²) in [5, 5.41) is -0.303. The average Bonchev–Trinajstić information content (AvgIpc) is 2.48. The number of nitrogens with zero attached hydrogens (tertiary/aromatic N) is 1. The monoisotopic (exact) mass is 295 g/mol. The summed E-state index contributed by atoms with van der Waals surface area (Å²) < 4.78 is 5.10. The molecule has 112 valence electrons. The summed E-state index contributed by atoms with van der Waals surface area (Å²) in [6.45, 7) is 5.33. The summed E-state index contributed by atoms with van der Waals surface area (Å²) in [6, 6.07) is 10.2. The van der Waals surface area contributed by atoms with Gasteiger partial charge in [-0.3, -0.25) is 4.79 Å². The maximum Gasteiger partial charge on any atom is 0.236 e. The zero-order valence-corrected chi connectivity index (χ0v) is 13.5. The molecule has 1 rings (SSSR count). The van der Waals surface area contributed by atoms with Crippen LogP contribution in [0, 0.1) is 0 Å². The molecule has 0 aromatic heterocycles. The highest BCUT2D eigenvalue weighted by Crippen LogP contribution is 2.14. The molecule has 1 aromatic carbocycles. The lowest BCUT2D eigenvalue weighted by molar-refractivity contribution is -0.133. The van der Waals surface area contributed by atoms with E-state index in [4.69, 9.17) is 4.74 Å². The molecule has 0 N–H and O–H groups in total. The van der Waals surface area contributed by atoms with Gasteiger partial charge in [-0.2, -0.15) is 12.6 Å². The lowest BCUT2D eigenvalue weighted by Gasteiger charge is -2.30. The van der Waals surface area contributed by atoms with Crippen LogP contribution in [0.3, 0.4) is 0 Å². The second kappa shape index (κ2) is 9.03. The number of ether oxygens (including phenoxy) is 1. The van der Waals surface area contributed by atoms with Crippen LogP contribution in [-0.2, 0) is 16.0 Å². The number of carbonyl (C=O) groups excluding carboxylic acids is 1. The number of thiol groups is 1. The van der Waals surface area contributed by atoms with Gasteiger partial charge < -0.3 is 9.64 Å². The molecule has 0 fully saturated rings. The Hall–Kier alpha value is -1.00. The SMILES string of the molecule is CCC(C)N(CCOC)C(=O)C(S)Cc1ccccc1. The van der Waals surface area contributed by atoms with Gasteiger partial charge in [0.1, 0.15) is 0 Å². The van der Waals surface area contributed by atoms with Gasteiger partial charge in [0.2, 0.25) is 5.91 Å². The van der Waals surface area contributed by atoms with E-state index in [0.717, 1.165) is 12.0 Å². The van der Waals surface area contributed by atoms with E-state index in [1.54, 1.807) is 7.11 Å². The van der Waals surface area contributed by atoms with Crippen LogP contribution in [0.1, 0.15) is 25.8 Å². The molecule has 2 unspecified atom stereocenters. The Morgan fingerprint density at radius 1 is 1.35 bits per heavy atom. The summed E-state index contributed by atoms with van der Waals surface area (Å²) in [7, 11) is 1.65. The van der Waals surface area contributed by atoms with Gasteiger partial charge in [0.25, 0.3) is 0 Å². The standard InChI is InChI=1S/C16H25NO2S/c1-4-13(2)17(10-11-19-3)16(18)15(20)12-14-8-6-5-7-9-14/h5-9,13,15,20H,4,10-12H2,1-3H3. The van der Waals surface area contributed by atoms with E-state index >= 15 is 0 Å². The van der Waals surface area contributed by atoms with Gasteiger partial charge in [-0.1, -0.05) is 37.3 Å². The van der Waals surface area contributed by atoms with Crippen LogP contribution < -0.4 is 0 Å². The fourth-order valence-electron chi connectivity index (χ4n) is 2.07. The Bertz CT molecular complexity index is 397. The number of hydrogen-bond donors (Lipinski definition) is 1. The molecule has 4 heteroatoms. The predicted octanol–water partition coefficient (Wildman–Crippen LogP) is 2.80. The van der Waals surface area contributed by atoms with Crippen LogP contribution in [-0.4, -0.2) is 42.4 Å². The molecule has 0 aliphatic rings. The second-order valence-corrected chi connectivity index (χ2v) is 5.61. The molecule has 0 heterocycles. The largest absolute Gasteiger partial charge is 0.383 e. The van der Waals surface area contributed by atoms with Crippen molar-refractivity contribution >= 4 is 18.5 Å². The van der Waals surface area contributed by atoms with Crippen LogP contribution >= 0.6 is 12.6 Å². The first-order valence-corrected chi connectivity index (χ1v) is 7.63. The summed E-state index contributed by atoms with van der Waals surface area (Å²) in [4.78, 5) is 14.4. The van der Waals surface area contributed by atoms with E-state index in [9.17, 15) is 4.79 Å². The maximum absolute atomic E-state index is 12.5. The van der Waals surface area contributed by atoms with Crippen molar-refractivity contribution in [3.63, 3.8) is 0 Å². The number of amides is 1. The van der Waals surface area contributed by atoms with E-state index in [1.807, 2.05) is 35.2 Å². The van der Waals surface area contributed by atoms with Crippen LogP contribution in [0.15, 0.2) is 30.3 Å². The zero-order valence-electron chi connectivity index (χ0n) is 12.6. The highest BCUT2D eigenvalue weighted by molar-refractivity contribution is 7.81. The lowest BCUT2D eigenvalue weighted by atomic mass is 10.1. The van der Waals surface area contributed by atoms with E-state index in [1.165, 1.54) is 0 Å². The molecule has 0 saturated carbocycles. The topological polar surface area (TPSA) is 29.5 Å². The van der Waals surface area contributed by atoms with Gasteiger partial charge in [-0.15, -0.1) is 0 Å². The number of carbonyl (C=O) groups is 1. The minimum Gasteiger partial charge on any atom is -0.383 e. The van der Waals surface area contributed by atoms with Gasteiger partial charge in [0, 0.05) is 19.7 Å². The van der Waals surface area contributed by atoms with Crippen molar-refractivity contribution in [2.75, 3.05) is 20.3 Å². The Balaban J connectivity index is 2.67. The van der Waals surface area contributed by atoms with Crippen LogP contribution in [0.2, 0.25) is 0 Å². The molecule has 0 radical (unpaired) electrons. The Kier molecular flexibility index (Phi) is 7.70. The summed E-state index contributed by atoms with van der Waals surface area (Å²) in [5.74, 6) is 0.0867. The molecule has 0 aliphatic heterocycles. The molecular weight excluding hydrogens is 270 g/mol. The van der Waals surface area contributed by atoms with Crippen molar-refractivity contribution < 1.29 is 9.53 Å². The fourth-order valence-corrected chi connectivity index (χ4v) is 2.43. The molecule has 1 aromatic rings. The quantitative estimate of drug-likeness (QED) is 0.747. The van der Waals surface area contributed by atoms with Crippen molar-refractivity contribution in [1.82, 2.24) is 4.90 Å². The molecule has 0 spiro atoms. The predicted molar refractivity (Wildman–Crippen MR) is 86.3 cm³/mol. The Labute approximate surface area is 127 Å². The first-order valence-electron chi connectivity index (χ1n) is 7.11. The molecule has 0 aliphatic carbocycles. The molecule has 20 heavy (non-hydrogen) atoms. The Morgan fingerprint density at radius 3 is 2.55 bits per heavy atom. The van der Waals surface area contributed by atoms with Gasteiger partial charge in [-0.05, 0) is 25.3 Å². The highest BCUT2D eigenvalue weighted by Gasteiger charge is 2.24. The van der Waals surface area contributed by atoms with Crippen molar-refractivity contribution in [2.45, 2.75) is 38.0 Å². The molecule has 1 amide bonds. The fraction of sp³-hybridized carbons (Fsp3) is 0.562. The van der Waals surface area contributed by atoms with Gasteiger partial charge in [0.15, 0.2) is 0 Å². The maximum atomic E-state index is 12.5. The molecule has 0 saturated heterocycles. The lowest BCUT2D eigenvalue weighted by Crippen LogP contribution is -2.44. The van der Waals surface area contributed by atoms with E-state index in [2.05, 4.69) is 26.5 Å². The normalized spacial score (nSPS) is 13.8. The zero-order chi connectivity index (χ0) is 15.0. The van der Waals surface area contributed by atoms with Crippen LogP contribution in [0.25, 0.3) is 0 Å². The van der Waals surface area contributed by atoms with Gasteiger partial charge >= 0.3 is 0 Å². The summed E-state index contributed by atoms with van der Waals surface area (Å²) in [6.07, 6.45) is 1.59. The molecular formula is C16H25NO2S. The van der Waals surface area contributed by atoms with Crippen LogP contribution in [0.5, 0.6) is 0 Å². The number of hydrogen-bond acceptors (Lipinski definition) is 3. The van der Waals surface area contributed by atoms with E-state index < -0.39 is 0 Å².